The minimum atomic E-state index is -3.07. The summed E-state index contributed by atoms with van der Waals surface area (Å²) in [5.74, 6) is 0. The number of aromatic nitrogens is 1. The standard InChI is InChI=1S/C49H32NOP/c51-52(47-24-12-7-19-40(47)41-20-8-13-25-48(41)52)36-29-26-33(27-30-36)49(43-21-9-4-16-37(43)38-17-5-10-22-44(38)49)34-28-31-46-42(32-34)39-18-6-11-23-45(39)50(46)35-14-2-1-3-15-35/h1-32H. The Kier molecular flexibility index (Phi) is 6.18. The summed E-state index contributed by atoms with van der Waals surface area (Å²) >= 11 is 0. The number of benzene rings is 8. The Morgan fingerprint density at radius 2 is 0.904 bits per heavy atom. The molecule has 0 radical (unpaired) electrons. The second-order valence-electron chi connectivity index (χ2n) is 14.0. The van der Waals surface area contributed by atoms with E-state index in [1.807, 2.05) is 24.3 Å². The highest BCUT2D eigenvalue weighted by atomic mass is 31.2. The van der Waals surface area contributed by atoms with Crippen molar-refractivity contribution < 1.29 is 4.57 Å². The molecule has 9 aromatic rings. The Morgan fingerprint density at radius 1 is 0.404 bits per heavy atom. The summed E-state index contributed by atoms with van der Waals surface area (Å²) in [6.07, 6.45) is 0. The van der Waals surface area contributed by atoms with Gasteiger partial charge in [-0.05, 0) is 74.8 Å². The average Bonchev–Trinajstić information content (AvgIpc) is 3.81. The number of rotatable bonds is 4. The van der Waals surface area contributed by atoms with Crippen LogP contribution in [0.15, 0.2) is 194 Å². The predicted molar refractivity (Wildman–Crippen MR) is 216 cm³/mol. The molecule has 0 fully saturated rings. The van der Waals surface area contributed by atoms with E-state index in [9.17, 15) is 0 Å². The van der Waals surface area contributed by atoms with Crippen molar-refractivity contribution in [2.75, 3.05) is 0 Å². The summed E-state index contributed by atoms with van der Waals surface area (Å²) in [6.45, 7) is 0. The fourth-order valence-corrected chi connectivity index (χ4v) is 12.4. The maximum atomic E-state index is 15.4. The van der Waals surface area contributed by atoms with E-state index in [1.165, 1.54) is 49.6 Å². The molecule has 52 heavy (non-hydrogen) atoms. The lowest BCUT2D eigenvalue weighted by atomic mass is 9.67. The number of hydrogen-bond donors (Lipinski definition) is 0. The summed E-state index contributed by atoms with van der Waals surface area (Å²) < 4.78 is 17.8. The van der Waals surface area contributed by atoms with Crippen LogP contribution in [0.5, 0.6) is 0 Å². The number of hydrogen-bond acceptors (Lipinski definition) is 1. The van der Waals surface area contributed by atoms with E-state index < -0.39 is 12.6 Å². The molecular formula is C49H32NOP. The fourth-order valence-electron chi connectivity index (χ4n) is 9.37. The lowest BCUT2D eigenvalue weighted by Crippen LogP contribution is -2.29. The molecule has 11 rings (SSSR count). The van der Waals surface area contributed by atoms with Crippen LogP contribution in [0, 0.1) is 0 Å². The van der Waals surface area contributed by atoms with Crippen molar-refractivity contribution in [2.45, 2.75) is 5.41 Å². The van der Waals surface area contributed by atoms with E-state index in [-0.39, 0.29) is 0 Å². The summed E-state index contributed by atoms with van der Waals surface area (Å²) in [5.41, 5.74) is 12.5. The van der Waals surface area contributed by atoms with Gasteiger partial charge in [0.15, 0.2) is 7.14 Å². The third-order valence-electron chi connectivity index (χ3n) is 11.5. The Bertz CT molecular complexity index is 2840. The Hall–Kier alpha value is -6.21. The van der Waals surface area contributed by atoms with Gasteiger partial charge >= 0.3 is 0 Å². The highest BCUT2D eigenvalue weighted by Gasteiger charge is 2.47. The maximum absolute atomic E-state index is 15.4. The van der Waals surface area contributed by atoms with Gasteiger partial charge in [0.1, 0.15) is 0 Å². The molecule has 0 saturated carbocycles. The van der Waals surface area contributed by atoms with Crippen molar-refractivity contribution in [3.05, 3.63) is 216 Å². The maximum Gasteiger partial charge on any atom is 0.172 e. The second-order valence-corrected chi connectivity index (χ2v) is 16.7. The minimum Gasteiger partial charge on any atom is -0.309 e. The minimum absolute atomic E-state index is 0.587. The molecule has 8 aromatic carbocycles. The van der Waals surface area contributed by atoms with Gasteiger partial charge in [-0.1, -0.05) is 164 Å². The van der Waals surface area contributed by atoms with Gasteiger partial charge < -0.3 is 9.13 Å². The first-order chi connectivity index (χ1) is 25.7. The van der Waals surface area contributed by atoms with Crippen molar-refractivity contribution in [2.24, 2.45) is 0 Å². The molecule has 0 saturated heterocycles. The molecule has 1 aliphatic heterocycles. The predicted octanol–water partition coefficient (Wildman–Crippen LogP) is 10.8. The fraction of sp³-hybridized carbons (Fsp3) is 0.0204. The SMILES string of the molecule is O=P1(c2ccc(C3(c4ccc5c(c4)c4ccccc4n5-c4ccccc4)c4ccccc4-c4ccccc43)cc2)c2ccccc2-c2ccccc21. The first-order valence-corrected chi connectivity index (χ1v) is 19.6. The van der Waals surface area contributed by atoms with Crippen molar-refractivity contribution in [3.63, 3.8) is 0 Å². The van der Waals surface area contributed by atoms with Gasteiger partial charge in [-0.2, -0.15) is 0 Å². The zero-order chi connectivity index (χ0) is 34.4. The van der Waals surface area contributed by atoms with Crippen LogP contribution < -0.4 is 15.9 Å². The molecule has 0 N–H and O–H groups in total. The van der Waals surface area contributed by atoms with Gasteiger partial charge in [-0.15, -0.1) is 0 Å². The Morgan fingerprint density at radius 3 is 1.56 bits per heavy atom. The lowest BCUT2D eigenvalue weighted by molar-refractivity contribution is 0.593. The number of para-hydroxylation sites is 2. The van der Waals surface area contributed by atoms with Gasteiger partial charge in [-0.25, -0.2) is 0 Å². The quantitative estimate of drug-likeness (QED) is 0.170. The van der Waals surface area contributed by atoms with E-state index in [2.05, 4.69) is 174 Å². The van der Waals surface area contributed by atoms with Gasteiger partial charge in [0.05, 0.1) is 16.4 Å². The van der Waals surface area contributed by atoms with Gasteiger partial charge in [-0.3, -0.25) is 0 Å². The number of nitrogens with zero attached hydrogens (tertiary/aromatic N) is 1. The molecule has 0 unspecified atom stereocenters. The smallest absolute Gasteiger partial charge is 0.172 e. The first-order valence-electron chi connectivity index (χ1n) is 17.9. The molecule has 2 aliphatic rings. The third kappa shape index (κ3) is 3.77. The normalized spacial score (nSPS) is 14.5. The van der Waals surface area contributed by atoms with Gasteiger partial charge in [0, 0.05) is 32.4 Å². The molecule has 0 amide bonds. The van der Waals surface area contributed by atoms with Crippen molar-refractivity contribution in [1.82, 2.24) is 4.57 Å². The molecule has 2 heterocycles. The van der Waals surface area contributed by atoms with Gasteiger partial charge in [0.25, 0.3) is 0 Å². The number of fused-ring (bicyclic) bond motifs is 9. The van der Waals surface area contributed by atoms with E-state index in [4.69, 9.17) is 0 Å². The van der Waals surface area contributed by atoms with E-state index in [1.54, 1.807) is 0 Å². The molecule has 0 atom stereocenters. The van der Waals surface area contributed by atoms with Crippen LogP contribution in [0.1, 0.15) is 22.3 Å². The largest absolute Gasteiger partial charge is 0.309 e. The van der Waals surface area contributed by atoms with Crippen molar-refractivity contribution in [1.29, 1.82) is 0 Å². The van der Waals surface area contributed by atoms with Crippen molar-refractivity contribution >= 4 is 44.9 Å². The highest BCUT2D eigenvalue weighted by molar-refractivity contribution is 7.86. The molecule has 0 bridgehead atoms. The van der Waals surface area contributed by atoms with Crippen LogP contribution in [-0.2, 0) is 9.98 Å². The zero-order valence-electron chi connectivity index (χ0n) is 28.3. The first kappa shape index (κ1) is 29.5. The summed E-state index contributed by atoms with van der Waals surface area (Å²) in [6, 6.07) is 69.4. The molecule has 3 heteroatoms. The third-order valence-corrected chi connectivity index (χ3v) is 14.7. The summed E-state index contributed by atoms with van der Waals surface area (Å²) in [7, 11) is -3.07. The van der Waals surface area contributed by atoms with Gasteiger partial charge in [0.2, 0.25) is 0 Å². The second kappa shape index (κ2) is 10.9. The average molecular weight is 682 g/mol. The van der Waals surface area contributed by atoms with Crippen LogP contribution in [0.4, 0.5) is 0 Å². The van der Waals surface area contributed by atoms with E-state index in [0.29, 0.717) is 0 Å². The van der Waals surface area contributed by atoms with Crippen LogP contribution in [-0.4, -0.2) is 4.57 Å². The Balaban J connectivity index is 1.18. The monoisotopic (exact) mass is 681 g/mol. The molecule has 2 nitrogen and oxygen atoms in total. The topological polar surface area (TPSA) is 22.0 Å². The summed E-state index contributed by atoms with van der Waals surface area (Å²) in [5, 5.41) is 5.17. The molecular weight excluding hydrogens is 650 g/mol. The lowest BCUT2D eigenvalue weighted by Gasteiger charge is -2.34. The zero-order valence-corrected chi connectivity index (χ0v) is 29.2. The van der Waals surface area contributed by atoms with E-state index in [0.717, 1.165) is 38.3 Å². The van der Waals surface area contributed by atoms with Crippen LogP contribution >= 0.6 is 7.14 Å². The van der Waals surface area contributed by atoms with E-state index >= 15 is 4.57 Å². The van der Waals surface area contributed by atoms with Crippen LogP contribution in [0.3, 0.4) is 0 Å². The molecule has 0 spiro atoms. The highest BCUT2D eigenvalue weighted by Crippen LogP contribution is 2.57. The van der Waals surface area contributed by atoms with Crippen LogP contribution in [0.2, 0.25) is 0 Å². The summed E-state index contributed by atoms with van der Waals surface area (Å²) in [4.78, 5) is 0. The van der Waals surface area contributed by atoms with Crippen molar-refractivity contribution in [3.8, 4) is 27.9 Å². The molecule has 1 aromatic heterocycles. The molecule has 244 valence electrons. The van der Waals surface area contributed by atoms with Crippen LogP contribution in [0.25, 0.3) is 49.7 Å². The molecule has 1 aliphatic carbocycles. The Labute approximate surface area is 302 Å².